The Bertz CT molecular complexity index is 9130. The van der Waals surface area contributed by atoms with Crippen molar-refractivity contribution in [2.45, 2.75) is 6.92 Å². The van der Waals surface area contributed by atoms with E-state index in [1.165, 1.54) is 92.5 Å². The van der Waals surface area contributed by atoms with E-state index in [1.54, 1.807) is 0 Å². The summed E-state index contributed by atoms with van der Waals surface area (Å²) in [7, 11) is 0. The average Bonchev–Trinajstić information content (AvgIpc) is 0.972. The summed E-state index contributed by atoms with van der Waals surface area (Å²) in [5, 5.41) is 15.0. The Kier molecular flexibility index (Phi) is 22.0. The van der Waals surface area contributed by atoms with E-state index in [0.717, 1.165) is 163 Å². The van der Waals surface area contributed by atoms with Crippen molar-refractivity contribution in [2.75, 3.05) is 0 Å². The molecule has 0 saturated carbocycles. The first kappa shape index (κ1) is 84.8. The molecule has 9 nitrogen and oxygen atoms in total. The Morgan fingerprint density at radius 1 is 0.169 bits per heavy atom. The zero-order chi connectivity index (χ0) is 94.3. The number of pyridine rings is 6. The molecule has 9 aromatic heterocycles. The first-order valence-corrected chi connectivity index (χ1v) is 48.1. The SMILES string of the molecule is Cc1cccc(-c2cc(-c3cccc(-c4c(-c5ccccc5)nc5ccccn45)c3)cc(-c3cc4ccccc4c4ccccc34)c2)n1.c1ccc(-c2nc3ccccn3c2-c2cccc(-c3cc(-c4cccnc4)cc(-c4cc5ccccc5c5ccccc45)c3)c2)cc1.c1ccc(-c2nc3ccccn3c2-c2cccc(-c3cc(-c4ccncc4)cc(-c4cc5ccccc5c5ccccc45)c3)c2)cc1. The van der Waals surface area contributed by atoms with Gasteiger partial charge < -0.3 is 0 Å². The summed E-state index contributed by atoms with van der Waals surface area (Å²) < 4.78 is 6.59. The van der Waals surface area contributed by atoms with Crippen LogP contribution in [0.3, 0.4) is 0 Å². The highest BCUT2D eigenvalue weighted by molar-refractivity contribution is 6.17. The number of rotatable bonds is 15. The maximum absolute atomic E-state index is 5.09. The Morgan fingerprint density at radius 3 is 0.831 bits per heavy atom. The van der Waals surface area contributed by atoms with Gasteiger partial charge in [-0.3, -0.25) is 28.2 Å². The molecular formula is C133H89N9. The van der Waals surface area contributed by atoms with E-state index in [2.05, 4.69) is 485 Å². The summed E-state index contributed by atoms with van der Waals surface area (Å²) in [4.78, 5) is 29.0. The summed E-state index contributed by atoms with van der Waals surface area (Å²) in [6.07, 6.45) is 13.8. The molecule has 27 rings (SSSR count). The van der Waals surface area contributed by atoms with Crippen LogP contribution in [0, 0.1) is 6.92 Å². The fourth-order valence-corrected chi connectivity index (χ4v) is 20.7. The normalized spacial score (nSPS) is 11.4. The van der Waals surface area contributed by atoms with Crippen molar-refractivity contribution in [1.29, 1.82) is 0 Å². The Labute approximate surface area is 822 Å². The highest BCUT2D eigenvalue weighted by Crippen LogP contribution is 2.47. The molecule has 9 heteroatoms. The van der Waals surface area contributed by atoms with E-state index >= 15 is 0 Å². The predicted molar refractivity (Wildman–Crippen MR) is 590 cm³/mol. The van der Waals surface area contributed by atoms with E-state index in [9.17, 15) is 0 Å². The zero-order valence-corrected chi connectivity index (χ0v) is 77.7. The smallest absolute Gasteiger partial charge is 0.137 e. The molecule has 0 atom stereocenters. The van der Waals surface area contributed by atoms with E-state index in [-0.39, 0.29) is 0 Å². The lowest BCUT2D eigenvalue weighted by Crippen LogP contribution is -1.92. The molecule has 0 aliphatic rings. The molecule has 0 saturated heterocycles. The number of aromatic nitrogens is 9. The van der Waals surface area contributed by atoms with Crippen molar-refractivity contribution >= 4 is 81.6 Å². The lowest BCUT2D eigenvalue weighted by atomic mass is 9.89. The third-order valence-corrected chi connectivity index (χ3v) is 27.4. The fourth-order valence-electron chi connectivity index (χ4n) is 20.7. The van der Waals surface area contributed by atoms with Crippen molar-refractivity contribution in [1.82, 2.24) is 43.1 Å². The molecule has 9 heterocycles. The third kappa shape index (κ3) is 16.2. The van der Waals surface area contributed by atoms with Crippen LogP contribution in [0.25, 0.3) is 249 Å². The van der Waals surface area contributed by atoms with Gasteiger partial charge in [0.1, 0.15) is 16.9 Å². The number of fused-ring (bicyclic) bond motifs is 12. The molecule has 0 N–H and O–H groups in total. The van der Waals surface area contributed by atoms with Gasteiger partial charge in [0.2, 0.25) is 0 Å². The maximum Gasteiger partial charge on any atom is 0.137 e. The molecule has 666 valence electrons. The Hall–Kier alpha value is -19.0. The predicted octanol–water partition coefficient (Wildman–Crippen LogP) is 34.4. The van der Waals surface area contributed by atoms with Crippen LogP contribution in [0.1, 0.15) is 5.69 Å². The minimum Gasteiger partial charge on any atom is -0.299 e. The third-order valence-electron chi connectivity index (χ3n) is 27.4. The average molecular weight is 1810 g/mol. The second-order valence-electron chi connectivity index (χ2n) is 36.2. The van der Waals surface area contributed by atoms with Crippen LogP contribution in [0.2, 0.25) is 0 Å². The first-order chi connectivity index (χ1) is 70.3. The van der Waals surface area contributed by atoms with Gasteiger partial charge in [-0.15, -0.1) is 0 Å². The van der Waals surface area contributed by atoms with Crippen molar-refractivity contribution in [2.24, 2.45) is 0 Å². The summed E-state index contributed by atoms with van der Waals surface area (Å²) in [5.41, 5.74) is 37.2. The second-order valence-corrected chi connectivity index (χ2v) is 36.2. The molecule has 0 spiro atoms. The van der Waals surface area contributed by atoms with Gasteiger partial charge in [0.25, 0.3) is 0 Å². The largest absolute Gasteiger partial charge is 0.299 e. The number of aryl methyl sites for hydroxylation is 1. The fraction of sp³-hybridized carbons (Fsp3) is 0.00752. The molecule has 142 heavy (non-hydrogen) atoms. The first-order valence-electron chi connectivity index (χ1n) is 48.1. The second kappa shape index (κ2) is 36.9. The number of imidazole rings is 3. The van der Waals surface area contributed by atoms with E-state index in [1.807, 2.05) is 67.3 Å². The maximum atomic E-state index is 5.09. The quantitative estimate of drug-likeness (QED) is 0.0950. The monoisotopic (exact) mass is 1810 g/mol. The zero-order valence-electron chi connectivity index (χ0n) is 77.7. The van der Waals surface area contributed by atoms with Gasteiger partial charge >= 0.3 is 0 Å². The molecule has 0 aliphatic carbocycles. The van der Waals surface area contributed by atoms with Gasteiger partial charge in [-0.25, -0.2) is 15.0 Å². The van der Waals surface area contributed by atoms with Crippen LogP contribution in [0.5, 0.6) is 0 Å². The minimum absolute atomic E-state index is 0.926. The van der Waals surface area contributed by atoms with Crippen molar-refractivity contribution in [3.05, 3.63) is 528 Å². The molecule has 0 amide bonds. The highest BCUT2D eigenvalue weighted by Gasteiger charge is 2.24. The lowest BCUT2D eigenvalue weighted by molar-refractivity contribution is 1.19. The summed E-state index contributed by atoms with van der Waals surface area (Å²) >= 11 is 0. The number of hydrogen-bond acceptors (Lipinski definition) is 6. The number of hydrogen-bond donors (Lipinski definition) is 0. The van der Waals surface area contributed by atoms with E-state index < -0.39 is 0 Å². The van der Waals surface area contributed by atoms with Gasteiger partial charge in [0.15, 0.2) is 0 Å². The minimum atomic E-state index is 0.926. The van der Waals surface area contributed by atoms with E-state index in [4.69, 9.17) is 19.9 Å². The molecule has 18 aromatic carbocycles. The van der Waals surface area contributed by atoms with Crippen molar-refractivity contribution in [3.8, 4) is 168 Å². The highest BCUT2D eigenvalue weighted by atomic mass is 15.0. The van der Waals surface area contributed by atoms with Crippen LogP contribution in [-0.2, 0) is 0 Å². The lowest BCUT2D eigenvalue weighted by Gasteiger charge is -2.15. The molecule has 0 bridgehead atoms. The van der Waals surface area contributed by atoms with Gasteiger partial charge in [-0.05, 0) is 313 Å². The molecule has 0 aliphatic heterocycles. The number of nitrogens with zero attached hydrogens (tertiary/aromatic N) is 9. The molecule has 0 radical (unpaired) electrons. The van der Waals surface area contributed by atoms with Crippen LogP contribution in [-0.4, -0.2) is 43.1 Å². The molecule has 0 fully saturated rings. The molecule has 0 unspecified atom stereocenters. The van der Waals surface area contributed by atoms with Crippen LogP contribution in [0.4, 0.5) is 0 Å². The van der Waals surface area contributed by atoms with E-state index in [0.29, 0.717) is 0 Å². The summed E-state index contributed by atoms with van der Waals surface area (Å²) in [6.45, 7) is 2.05. The van der Waals surface area contributed by atoms with Crippen molar-refractivity contribution < 1.29 is 0 Å². The van der Waals surface area contributed by atoms with Crippen molar-refractivity contribution in [3.63, 3.8) is 0 Å². The van der Waals surface area contributed by atoms with Gasteiger partial charge in [-0.1, -0.05) is 322 Å². The van der Waals surface area contributed by atoms with Crippen LogP contribution >= 0.6 is 0 Å². The van der Waals surface area contributed by atoms with Gasteiger partial charge in [0.05, 0.1) is 39.9 Å². The Balaban J connectivity index is 0.000000112. The summed E-state index contributed by atoms with van der Waals surface area (Å²) in [6, 6.07) is 171. The van der Waals surface area contributed by atoms with Gasteiger partial charge in [-0.2, -0.15) is 0 Å². The summed E-state index contributed by atoms with van der Waals surface area (Å²) in [5.74, 6) is 0. The van der Waals surface area contributed by atoms with Crippen LogP contribution in [0.15, 0.2) is 523 Å². The molecular weight excluding hydrogens is 1720 g/mol. The van der Waals surface area contributed by atoms with Gasteiger partial charge in [0, 0.05) is 93.6 Å². The van der Waals surface area contributed by atoms with Crippen LogP contribution < -0.4 is 0 Å². The Morgan fingerprint density at radius 2 is 0.458 bits per heavy atom. The number of benzene rings is 18. The topological polar surface area (TPSA) is 90.6 Å². The molecule has 27 aromatic rings. The standard InChI is InChI=1S/C45H31N3.2C44H29N3/c1-30-13-11-22-42(46-30)37-27-35(26-36(28-37)41-29-33-16-5-6-19-38(33)39-20-7-8-21-40(39)41)32-17-12-18-34(25-32)45-44(31-14-3-2-4-15-31)47-43-23-9-10-24-48(43)45;1-2-12-30(13-3-1)43-44(47-23-9-8-21-42(47)46-43)33-16-10-15-31(24-33)35-25-36(34-17-11-22-45-29-34)27-37(26-35)41-28-32-14-4-5-18-38(32)39-19-6-7-20-40(39)41;1-2-11-31(12-3-1)43-44(47-24-9-8-19-42(47)46-43)34-15-10-14-32(25-34)36-26-35(30-20-22-45-23-21-30)27-37(28-36)41-29-33-13-4-5-16-38(33)39-17-6-7-18-40(39)41/h2-29H,1H3;2*1-29H.